The Morgan fingerprint density at radius 2 is 1.71 bits per heavy atom. The zero-order chi connectivity index (χ0) is 13.9. The predicted octanol–water partition coefficient (Wildman–Crippen LogP) is 3.52. The third-order valence-electron chi connectivity index (χ3n) is 4.68. The van der Waals surface area contributed by atoms with Crippen LogP contribution in [0.1, 0.15) is 37.3 Å². The molecule has 1 heterocycles. The van der Waals surface area contributed by atoms with Gasteiger partial charge in [-0.15, -0.1) is 12.4 Å². The summed E-state index contributed by atoms with van der Waals surface area (Å²) in [5.41, 5.74) is 0.942. The molecule has 5 heteroatoms. The number of hydrogen-bond acceptors (Lipinski definition) is 2. The van der Waals surface area contributed by atoms with E-state index in [1.165, 1.54) is 37.8 Å². The number of rotatable bonds is 3. The molecule has 1 atom stereocenters. The molecule has 0 amide bonds. The van der Waals surface area contributed by atoms with Crippen molar-refractivity contribution in [3.63, 3.8) is 0 Å². The van der Waals surface area contributed by atoms with Crippen LogP contribution < -0.4 is 5.32 Å². The molecule has 3 rings (SSSR count). The van der Waals surface area contributed by atoms with Crippen molar-refractivity contribution in [2.24, 2.45) is 5.92 Å². The fraction of sp³-hybridized carbons (Fsp3) is 0.625. The maximum Gasteiger partial charge on any atom is 0.159 e. The Balaban J connectivity index is 0.00000161. The van der Waals surface area contributed by atoms with E-state index in [0.717, 1.165) is 31.7 Å². The van der Waals surface area contributed by atoms with E-state index in [-0.39, 0.29) is 18.4 Å². The van der Waals surface area contributed by atoms with Crippen molar-refractivity contribution in [2.75, 3.05) is 26.2 Å². The fourth-order valence-corrected chi connectivity index (χ4v) is 3.71. The van der Waals surface area contributed by atoms with Gasteiger partial charge in [0.2, 0.25) is 0 Å². The molecule has 2 aliphatic rings. The number of benzene rings is 1. The van der Waals surface area contributed by atoms with E-state index < -0.39 is 11.6 Å². The first-order chi connectivity index (χ1) is 9.75. The van der Waals surface area contributed by atoms with Crippen molar-refractivity contribution < 1.29 is 8.78 Å². The lowest BCUT2D eigenvalue weighted by molar-refractivity contribution is 0.125. The molecule has 1 N–H and O–H groups in total. The highest BCUT2D eigenvalue weighted by Crippen LogP contribution is 2.39. The van der Waals surface area contributed by atoms with Gasteiger partial charge in [0.15, 0.2) is 11.6 Å². The van der Waals surface area contributed by atoms with Gasteiger partial charge in [0.25, 0.3) is 0 Å². The van der Waals surface area contributed by atoms with Gasteiger partial charge in [-0.25, -0.2) is 8.78 Å². The highest BCUT2D eigenvalue weighted by molar-refractivity contribution is 5.85. The third kappa shape index (κ3) is 3.74. The Kier molecular flexibility index (Phi) is 5.97. The molecule has 1 aliphatic heterocycles. The van der Waals surface area contributed by atoms with Gasteiger partial charge in [-0.2, -0.15) is 0 Å². The summed E-state index contributed by atoms with van der Waals surface area (Å²) in [5, 5.41) is 3.36. The Labute approximate surface area is 131 Å². The van der Waals surface area contributed by atoms with E-state index in [2.05, 4.69) is 10.2 Å². The van der Waals surface area contributed by atoms with Crippen LogP contribution in [0.5, 0.6) is 0 Å². The molecule has 21 heavy (non-hydrogen) atoms. The molecule has 0 unspecified atom stereocenters. The maximum atomic E-state index is 13.6. The van der Waals surface area contributed by atoms with Gasteiger partial charge in [-0.1, -0.05) is 18.9 Å². The second kappa shape index (κ2) is 7.52. The summed E-state index contributed by atoms with van der Waals surface area (Å²) in [6.45, 7) is 3.93. The standard InChI is InChI=1S/C16H22F2N2.ClH/c17-14-6-5-13(11-15(14)18)16(12-3-1-2-4-12)20-9-7-19-8-10-20;/h5-6,11-12,16,19H,1-4,7-10H2;1H/t16-;/m0./s1. The molecule has 1 saturated carbocycles. The zero-order valence-electron chi connectivity index (χ0n) is 12.2. The van der Waals surface area contributed by atoms with Crippen molar-refractivity contribution in [3.05, 3.63) is 35.4 Å². The minimum Gasteiger partial charge on any atom is -0.314 e. The summed E-state index contributed by atoms with van der Waals surface area (Å²) >= 11 is 0. The molecule has 0 aromatic heterocycles. The second-order valence-electron chi connectivity index (χ2n) is 5.95. The van der Waals surface area contributed by atoms with Gasteiger partial charge in [0.1, 0.15) is 0 Å². The van der Waals surface area contributed by atoms with Gasteiger partial charge in [-0.3, -0.25) is 4.90 Å². The highest BCUT2D eigenvalue weighted by atomic mass is 35.5. The topological polar surface area (TPSA) is 15.3 Å². The van der Waals surface area contributed by atoms with Crippen molar-refractivity contribution in [1.29, 1.82) is 0 Å². The van der Waals surface area contributed by atoms with Crippen LogP contribution in [0.3, 0.4) is 0 Å². The number of hydrogen-bond donors (Lipinski definition) is 1. The summed E-state index contributed by atoms with van der Waals surface area (Å²) in [4.78, 5) is 2.44. The molecule has 0 spiro atoms. The minimum atomic E-state index is -0.751. The first kappa shape index (κ1) is 16.7. The Bertz CT molecular complexity index is 458. The monoisotopic (exact) mass is 316 g/mol. The zero-order valence-corrected chi connectivity index (χ0v) is 13.0. The summed E-state index contributed by atoms with van der Waals surface area (Å²) < 4.78 is 26.8. The SMILES string of the molecule is Cl.Fc1ccc([C@H](C2CCCC2)N2CCNCC2)cc1F. The van der Waals surface area contributed by atoms with Crippen molar-refractivity contribution in [1.82, 2.24) is 10.2 Å². The lowest BCUT2D eigenvalue weighted by Crippen LogP contribution is -2.46. The summed E-state index contributed by atoms with van der Waals surface area (Å²) in [6, 6.07) is 4.69. The molecule has 1 aliphatic carbocycles. The molecule has 118 valence electrons. The highest BCUT2D eigenvalue weighted by Gasteiger charge is 2.32. The van der Waals surface area contributed by atoms with Crippen LogP contribution in [-0.4, -0.2) is 31.1 Å². The molecule has 0 radical (unpaired) electrons. The van der Waals surface area contributed by atoms with Crippen LogP contribution in [0.2, 0.25) is 0 Å². The summed E-state index contributed by atoms with van der Waals surface area (Å²) in [5.74, 6) is -0.891. The fourth-order valence-electron chi connectivity index (χ4n) is 3.71. The predicted molar refractivity (Wildman–Crippen MR) is 82.7 cm³/mol. The van der Waals surface area contributed by atoms with E-state index >= 15 is 0 Å². The van der Waals surface area contributed by atoms with Crippen LogP contribution >= 0.6 is 12.4 Å². The molecule has 2 nitrogen and oxygen atoms in total. The number of piperazine rings is 1. The first-order valence-electron chi connectivity index (χ1n) is 7.65. The molecule has 1 saturated heterocycles. The van der Waals surface area contributed by atoms with Crippen LogP contribution in [-0.2, 0) is 0 Å². The number of halogens is 3. The Hall–Kier alpha value is -0.710. The maximum absolute atomic E-state index is 13.6. The molecular weight excluding hydrogens is 294 g/mol. The van der Waals surface area contributed by atoms with Gasteiger partial charge in [0.05, 0.1) is 0 Å². The Morgan fingerprint density at radius 3 is 2.33 bits per heavy atom. The Morgan fingerprint density at radius 1 is 1.05 bits per heavy atom. The van der Waals surface area contributed by atoms with Gasteiger partial charge in [-0.05, 0) is 36.5 Å². The summed E-state index contributed by atoms with van der Waals surface area (Å²) in [6.07, 6.45) is 4.93. The van der Waals surface area contributed by atoms with E-state index in [4.69, 9.17) is 0 Å². The average molecular weight is 317 g/mol. The second-order valence-corrected chi connectivity index (χ2v) is 5.95. The molecule has 2 fully saturated rings. The number of nitrogens with zero attached hydrogens (tertiary/aromatic N) is 1. The third-order valence-corrected chi connectivity index (χ3v) is 4.68. The van der Waals surface area contributed by atoms with E-state index in [1.807, 2.05) is 0 Å². The van der Waals surface area contributed by atoms with Crippen molar-refractivity contribution >= 4 is 12.4 Å². The van der Waals surface area contributed by atoms with Gasteiger partial charge < -0.3 is 5.32 Å². The average Bonchev–Trinajstić information content (AvgIpc) is 2.98. The largest absolute Gasteiger partial charge is 0.314 e. The normalized spacial score (nSPS) is 22.0. The molecular formula is C16H23ClF2N2. The lowest BCUT2D eigenvalue weighted by Gasteiger charge is -2.38. The van der Waals surface area contributed by atoms with Crippen LogP contribution in [0.15, 0.2) is 18.2 Å². The van der Waals surface area contributed by atoms with E-state index in [0.29, 0.717) is 5.92 Å². The van der Waals surface area contributed by atoms with Crippen LogP contribution in [0, 0.1) is 17.6 Å². The lowest BCUT2D eigenvalue weighted by atomic mass is 9.89. The quantitative estimate of drug-likeness (QED) is 0.918. The molecule has 0 bridgehead atoms. The van der Waals surface area contributed by atoms with Gasteiger partial charge >= 0.3 is 0 Å². The minimum absolute atomic E-state index is 0. The van der Waals surface area contributed by atoms with E-state index in [1.54, 1.807) is 6.07 Å². The molecule has 1 aromatic carbocycles. The van der Waals surface area contributed by atoms with Crippen molar-refractivity contribution in [3.8, 4) is 0 Å². The van der Waals surface area contributed by atoms with Crippen LogP contribution in [0.25, 0.3) is 0 Å². The van der Waals surface area contributed by atoms with E-state index in [9.17, 15) is 8.78 Å². The van der Waals surface area contributed by atoms with Crippen LogP contribution in [0.4, 0.5) is 8.78 Å². The number of nitrogens with one attached hydrogen (secondary N) is 1. The summed E-state index contributed by atoms with van der Waals surface area (Å²) in [7, 11) is 0. The van der Waals surface area contributed by atoms with Crippen molar-refractivity contribution in [2.45, 2.75) is 31.7 Å². The first-order valence-corrected chi connectivity index (χ1v) is 7.65. The smallest absolute Gasteiger partial charge is 0.159 e. The molecule has 1 aromatic rings. The van der Waals surface area contributed by atoms with Gasteiger partial charge in [0, 0.05) is 32.2 Å².